The number of thiophene rings is 1. The first-order valence-corrected chi connectivity index (χ1v) is 7.77. The Morgan fingerprint density at radius 1 is 1.43 bits per heavy atom. The molecule has 1 atom stereocenters. The molecule has 0 fully saturated rings. The lowest BCUT2D eigenvalue weighted by Gasteiger charge is -2.10. The zero-order valence-electron chi connectivity index (χ0n) is 11.2. The van der Waals surface area contributed by atoms with Crippen molar-refractivity contribution in [1.82, 2.24) is 0 Å². The van der Waals surface area contributed by atoms with Gasteiger partial charge in [0, 0.05) is 16.3 Å². The fraction of sp³-hybridized carbons (Fsp3) is 0.250. The van der Waals surface area contributed by atoms with Crippen LogP contribution in [0.15, 0.2) is 35.7 Å². The lowest BCUT2D eigenvalue weighted by atomic mass is 9.93. The maximum Gasteiger partial charge on any atom is 0.154 e. The van der Waals surface area contributed by atoms with Gasteiger partial charge < -0.3 is 0 Å². The van der Waals surface area contributed by atoms with Crippen molar-refractivity contribution in [2.45, 2.75) is 25.2 Å². The van der Waals surface area contributed by atoms with E-state index in [1.165, 1.54) is 17.0 Å². The van der Waals surface area contributed by atoms with Crippen LogP contribution in [0.1, 0.15) is 29.2 Å². The molecule has 1 unspecified atom stereocenters. The summed E-state index contributed by atoms with van der Waals surface area (Å²) in [5.41, 5.74) is 0.377. The summed E-state index contributed by atoms with van der Waals surface area (Å²) in [7, 11) is 0. The molecule has 0 saturated heterocycles. The Bertz CT molecular complexity index is 663. The third kappa shape index (κ3) is 4.13. The Hall–Kier alpha value is -1.70. The van der Waals surface area contributed by atoms with Crippen molar-refractivity contribution in [2.24, 2.45) is 0 Å². The van der Waals surface area contributed by atoms with E-state index in [4.69, 9.17) is 11.6 Å². The number of ketones is 1. The van der Waals surface area contributed by atoms with Crippen LogP contribution in [-0.2, 0) is 11.2 Å². The Kier molecular flexibility index (Phi) is 5.49. The average Bonchev–Trinajstić information content (AvgIpc) is 2.95. The van der Waals surface area contributed by atoms with Gasteiger partial charge in [0.25, 0.3) is 0 Å². The summed E-state index contributed by atoms with van der Waals surface area (Å²) >= 11 is 7.57. The summed E-state index contributed by atoms with van der Waals surface area (Å²) in [5.74, 6) is -1.59. The number of hydrogen-bond acceptors (Lipinski definition) is 3. The molecule has 2 rings (SSSR count). The van der Waals surface area contributed by atoms with Gasteiger partial charge >= 0.3 is 0 Å². The van der Waals surface area contributed by atoms with Crippen molar-refractivity contribution in [3.63, 3.8) is 0 Å². The summed E-state index contributed by atoms with van der Waals surface area (Å²) in [6, 6.07) is 9.70. The van der Waals surface area contributed by atoms with E-state index in [1.807, 2.05) is 23.6 Å². The van der Waals surface area contributed by atoms with E-state index in [9.17, 15) is 14.4 Å². The monoisotopic (exact) mass is 321 g/mol. The maximum absolute atomic E-state index is 13.0. The molecular weight excluding hydrogens is 309 g/mol. The molecule has 0 N–H and O–H groups in total. The molecule has 21 heavy (non-hydrogen) atoms. The summed E-state index contributed by atoms with van der Waals surface area (Å²) in [5, 5.41) is 11.3. The van der Waals surface area contributed by atoms with Crippen LogP contribution in [0.3, 0.4) is 0 Å². The van der Waals surface area contributed by atoms with Gasteiger partial charge in [-0.3, -0.25) is 4.79 Å². The number of aryl methyl sites for hydroxylation is 1. The van der Waals surface area contributed by atoms with Crippen LogP contribution in [0, 0.1) is 17.1 Å². The predicted octanol–water partition coefficient (Wildman–Crippen LogP) is 4.74. The summed E-state index contributed by atoms with van der Waals surface area (Å²) in [6.45, 7) is 0. The van der Waals surface area contributed by atoms with Crippen LogP contribution in [0.2, 0.25) is 5.02 Å². The lowest BCUT2D eigenvalue weighted by molar-refractivity contribution is -0.119. The van der Waals surface area contributed by atoms with Crippen LogP contribution in [0.5, 0.6) is 0 Å². The van der Waals surface area contributed by atoms with E-state index in [0.29, 0.717) is 18.4 Å². The number of nitrogens with zero attached hydrogens (tertiary/aromatic N) is 1. The number of rotatable bonds is 6. The second-order valence-electron chi connectivity index (χ2n) is 4.63. The first-order chi connectivity index (χ1) is 10.1. The van der Waals surface area contributed by atoms with E-state index in [1.54, 1.807) is 11.3 Å². The highest BCUT2D eigenvalue weighted by atomic mass is 35.5. The SMILES string of the molecule is N#CC(C(=O)CCCc1cccs1)c1ccc(F)cc1Cl. The highest BCUT2D eigenvalue weighted by molar-refractivity contribution is 7.09. The van der Waals surface area contributed by atoms with Crippen molar-refractivity contribution in [1.29, 1.82) is 5.26 Å². The van der Waals surface area contributed by atoms with Gasteiger partial charge in [0.05, 0.1) is 6.07 Å². The molecule has 0 amide bonds. The van der Waals surface area contributed by atoms with Crippen molar-refractivity contribution in [3.8, 4) is 6.07 Å². The molecule has 0 aliphatic carbocycles. The smallest absolute Gasteiger partial charge is 0.154 e. The number of carbonyl (C=O) groups is 1. The number of hydrogen-bond donors (Lipinski definition) is 0. The van der Waals surface area contributed by atoms with Crippen LogP contribution >= 0.6 is 22.9 Å². The quantitative estimate of drug-likeness (QED) is 0.771. The van der Waals surface area contributed by atoms with Crippen LogP contribution < -0.4 is 0 Å². The van der Waals surface area contributed by atoms with Crippen molar-refractivity contribution in [2.75, 3.05) is 0 Å². The van der Waals surface area contributed by atoms with Crippen LogP contribution in [0.4, 0.5) is 4.39 Å². The Balaban J connectivity index is 2.00. The molecule has 1 aromatic heterocycles. The molecule has 1 aromatic carbocycles. The molecule has 0 radical (unpaired) electrons. The lowest BCUT2D eigenvalue weighted by Crippen LogP contribution is -2.11. The highest BCUT2D eigenvalue weighted by Gasteiger charge is 2.22. The van der Waals surface area contributed by atoms with Crippen LogP contribution in [-0.4, -0.2) is 5.78 Å². The fourth-order valence-electron chi connectivity index (χ4n) is 2.09. The Morgan fingerprint density at radius 3 is 2.86 bits per heavy atom. The molecule has 2 nitrogen and oxygen atoms in total. The van der Waals surface area contributed by atoms with Gasteiger partial charge in [-0.2, -0.15) is 5.26 Å². The molecular formula is C16H13ClFNOS. The first-order valence-electron chi connectivity index (χ1n) is 6.51. The molecule has 108 valence electrons. The summed E-state index contributed by atoms with van der Waals surface area (Å²) < 4.78 is 13.0. The van der Waals surface area contributed by atoms with Crippen molar-refractivity contribution < 1.29 is 9.18 Å². The van der Waals surface area contributed by atoms with E-state index in [0.717, 1.165) is 12.5 Å². The molecule has 1 heterocycles. The number of nitriles is 1. The molecule has 2 aromatic rings. The average molecular weight is 322 g/mol. The van der Waals surface area contributed by atoms with Crippen molar-refractivity contribution in [3.05, 3.63) is 57.0 Å². The summed E-state index contributed by atoms with van der Waals surface area (Å²) in [4.78, 5) is 13.4. The molecule has 5 heteroatoms. The van der Waals surface area contributed by atoms with Gasteiger partial charge in [0.15, 0.2) is 5.78 Å². The van der Waals surface area contributed by atoms with E-state index in [2.05, 4.69) is 0 Å². The maximum atomic E-state index is 13.0. The minimum Gasteiger partial charge on any atom is -0.298 e. The van der Waals surface area contributed by atoms with E-state index >= 15 is 0 Å². The van der Waals surface area contributed by atoms with Gasteiger partial charge in [-0.1, -0.05) is 23.7 Å². The van der Waals surface area contributed by atoms with E-state index in [-0.39, 0.29) is 10.8 Å². The highest BCUT2D eigenvalue weighted by Crippen LogP contribution is 2.27. The van der Waals surface area contributed by atoms with Gasteiger partial charge in [0.2, 0.25) is 0 Å². The molecule has 0 spiro atoms. The van der Waals surface area contributed by atoms with Crippen LogP contribution in [0.25, 0.3) is 0 Å². The fourth-order valence-corrected chi connectivity index (χ4v) is 3.11. The number of halogens is 2. The topological polar surface area (TPSA) is 40.9 Å². The summed E-state index contributed by atoms with van der Waals surface area (Å²) in [6.07, 6.45) is 1.82. The predicted molar refractivity (Wildman–Crippen MR) is 82.0 cm³/mol. The largest absolute Gasteiger partial charge is 0.298 e. The second kappa shape index (κ2) is 7.35. The third-order valence-corrected chi connectivity index (χ3v) is 4.41. The van der Waals surface area contributed by atoms with Gasteiger partial charge in [0.1, 0.15) is 11.7 Å². The van der Waals surface area contributed by atoms with Gasteiger partial charge in [-0.25, -0.2) is 4.39 Å². The van der Waals surface area contributed by atoms with Gasteiger partial charge in [-0.05, 0) is 42.0 Å². The Morgan fingerprint density at radius 2 is 2.24 bits per heavy atom. The molecule has 0 aliphatic rings. The molecule has 0 aliphatic heterocycles. The number of carbonyl (C=O) groups excluding carboxylic acids is 1. The minimum atomic E-state index is -0.929. The minimum absolute atomic E-state index is 0.119. The molecule has 0 saturated carbocycles. The normalized spacial score (nSPS) is 11.9. The zero-order valence-corrected chi connectivity index (χ0v) is 12.8. The zero-order chi connectivity index (χ0) is 15.2. The number of Topliss-reactive ketones (excluding diaryl/α,β-unsaturated/α-hetero) is 1. The first kappa shape index (κ1) is 15.7. The third-order valence-electron chi connectivity index (χ3n) is 3.15. The molecule has 0 bridgehead atoms. The second-order valence-corrected chi connectivity index (χ2v) is 6.07. The number of benzene rings is 1. The standard InChI is InChI=1S/C16H13ClFNOS/c17-15-9-11(18)6-7-13(15)14(10-19)16(20)5-1-3-12-4-2-8-21-12/h2,4,6-9,14H,1,3,5H2. The van der Waals surface area contributed by atoms with E-state index < -0.39 is 11.7 Å². The Labute approximate surface area is 131 Å². The van der Waals surface area contributed by atoms with Crippen molar-refractivity contribution >= 4 is 28.7 Å². The van der Waals surface area contributed by atoms with Gasteiger partial charge in [-0.15, -0.1) is 11.3 Å².